The molecule has 0 spiro atoms. The number of ether oxygens (including phenoxy) is 2. The van der Waals surface area contributed by atoms with E-state index in [1.54, 1.807) is 7.11 Å². The molecule has 1 atom stereocenters. The molecule has 0 aliphatic carbocycles. The minimum atomic E-state index is -0.478. The number of likely N-dealkylation sites (tertiary alicyclic amines) is 1. The first-order chi connectivity index (χ1) is 15.8. The third kappa shape index (κ3) is 5.78. The molecule has 0 saturated carbocycles. The minimum Gasteiger partial charge on any atom is -0.497 e. The summed E-state index contributed by atoms with van der Waals surface area (Å²) in [6.45, 7) is 8.62. The quantitative estimate of drug-likeness (QED) is 0.562. The Labute approximate surface area is 195 Å². The molecule has 3 aromatic rings. The van der Waals surface area contributed by atoms with Crippen LogP contribution in [0.4, 0.5) is 10.7 Å². The summed E-state index contributed by atoms with van der Waals surface area (Å²) in [6.07, 6.45) is 1.83. The number of para-hydroxylation sites is 2. The van der Waals surface area contributed by atoms with E-state index in [0.29, 0.717) is 19.0 Å². The summed E-state index contributed by atoms with van der Waals surface area (Å²) in [5.41, 5.74) is 2.76. The molecule has 2 aromatic carbocycles. The number of nitrogens with zero attached hydrogens (tertiary/aromatic N) is 3. The molecule has 4 rings (SSSR count). The molecule has 1 fully saturated rings. The van der Waals surface area contributed by atoms with Gasteiger partial charge in [0, 0.05) is 19.6 Å². The van der Waals surface area contributed by atoms with Crippen molar-refractivity contribution in [2.75, 3.05) is 32.1 Å². The van der Waals surface area contributed by atoms with Crippen LogP contribution in [0.2, 0.25) is 0 Å². The van der Waals surface area contributed by atoms with E-state index in [9.17, 15) is 4.79 Å². The van der Waals surface area contributed by atoms with Crippen molar-refractivity contribution in [2.45, 2.75) is 45.8 Å². The van der Waals surface area contributed by atoms with Crippen molar-refractivity contribution in [3.63, 3.8) is 0 Å². The van der Waals surface area contributed by atoms with Crippen LogP contribution in [0.25, 0.3) is 11.0 Å². The molecule has 1 saturated heterocycles. The Morgan fingerprint density at radius 3 is 2.64 bits per heavy atom. The van der Waals surface area contributed by atoms with Crippen LogP contribution in [0, 0.1) is 5.92 Å². The van der Waals surface area contributed by atoms with Crippen LogP contribution in [0.5, 0.6) is 5.75 Å². The van der Waals surface area contributed by atoms with Crippen LogP contribution in [0.1, 0.15) is 39.2 Å². The van der Waals surface area contributed by atoms with E-state index in [1.807, 2.05) is 56.0 Å². The summed E-state index contributed by atoms with van der Waals surface area (Å²) in [4.78, 5) is 19.2. The highest BCUT2D eigenvalue weighted by Crippen LogP contribution is 2.24. The molecule has 1 aromatic heterocycles. The number of piperidine rings is 1. The number of amides is 1. The number of hydrogen-bond donors (Lipinski definition) is 1. The van der Waals surface area contributed by atoms with E-state index in [0.717, 1.165) is 48.7 Å². The van der Waals surface area contributed by atoms with Gasteiger partial charge >= 0.3 is 6.09 Å². The zero-order chi connectivity index (χ0) is 23.4. The van der Waals surface area contributed by atoms with Gasteiger partial charge in [0.2, 0.25) is 5.95 Å². The van der Waals surface area contributed by atoms with Gasteiger partial charge in [-0.15, -0.1) is 0 Å². The Morgan fingerprint density at radius 1 is 1.15 bits per heavy atom. The van der Waals surface area contributed by atoms with E-state index < -0.39 is 5.60 Å². The second kappa shape index (κ2) is 9.73. The number of anilines is 1. The first-order valence-corrected chi connectivity index (χ1v) is 11.6. The number of methoxy groups -OCH3 is 1. The molecule has 1 aliphatic rings. The predicted molar refractivity (Wildman–Crippen MR) is 131 cm³/mol. The van der Waals surface area contributed by atoms with Crippen molar-refractivity contribution in [3.8, 4) is 5.75 Å². The summed E-state index contributed by atoms with van der Waals surface area (Å²) in [5.74, 6) is 2.04. The smallest absolute Gasteiger partial charge is 0.410 e. The number of carbonyl (C=O) groups is 1. The zero-order valence-electron chi connectivity index (χ0n) is 20.0. The summed E-state index contributed by atoms with van der Waals surface area (Å²) in [6, 6.07) is 16.3. The highest BCUT2D eigenvalue weighted by atomic mass is 16.6. The number of nitrogens with one attached hydrogen (secondary N) is 1. The third-order valence-electron chi connectivity index (χ3n) is 5.87. The Hall–Kier alpha value is -3.22. The Kier molecular flexibility index (Phi) is 6.77. The normalized spacial score (nSPS) is 16.6. The van der Waals surface area contributed by atoms with E-state index >= 15 is 0 Å². The molecule has 1 aliphatic heterocycles. The van der Waals surface area contributed by atoms with Gasteiger partial charge in [-0.1, -0.05) is 24.3 Å². The third-order valence-corrected chi connectivity index (χ3v) is 5.87. The number of aromatic nitrogens is 2. The van der Waals surface area contributed by atoms with E-state index in [2.05, 4.69) is 28.1 Å². The number of carbonyl (C=O) groups excluding carboxylic acids is 1. The molecule has 33 heavy (non-hydrogen) atoms. The summed E-state index contributed by atoms with van der Waals surface area (Å²) in [5, 5.41) is 3.57. The average molecular weight is 451 g/mol. The summed E-state index contributed by atoms with van der Waals surface area (Å²) >= 11 is 0. The highest BCUT2D eigenvalue weighted by molar-refractivity contribution is 5.78. The number of hydrogen-bond acceptors (Lipinski definition) is 5. The minimum absolute atomic E-state index is 0.223. The molecule has 2 heterocycles. The highest BCUT2D eigenvalue weighted by Gasteiger charge is 2.27. The van der Waals surface area contributed by atoms with Crippen LogP contribution in [0.3, 0.4) is 0 Å². The van der Waals surface area contributed by atoms with E-state index in [4.69, 9.17) is 14.5 Å². The molecule has 0 bridgehead atoms. The zero-order valence-corrected chi connectivity index (χ0v) is 20.0. The van der Waals surface area contributed by atoms with Crippen molar-refractivity contribution in [1.82, 2.24) is 14.5 Å². The summed E-state index contributed by atoms with van der Waals surface area (Å²) < 4.78 is 13.1. The lowest BCUT2D eigenvalue weighted by Crippen LogP contribution is -2.44. The molecular formula is C26H34N4O3. The molecule has 0 radical (unpaired) electrons. The maximum Gasteiger partial charge on any atom is 0.410 e. The fraction of sp³-hybridized carbons (Fsp3) is 0.462. The SMILES string of the molecule is COc1ccc(Cn2c(NCC3CCCN(C(=O)OC(C)(C)C)C3)nc3ccccc32)cc1. The van der Waals surface area contributed by atoms with Gasteiger partial charge in [-0.25, -0.2) is 9.78 Å². The second-order valence-corrected chi connectivity index (χ2v) is 9.67. The van der Waals surface area contributed by atoms with Crippen molar-refractivity contribution in [2.24, 2.45) is 5.92 Å². The lowest BCUT2D eigenvalue weighted by molar-refractivity contribution is 0.0172. The monoisotopic (exact) mass is 450 g/mol. The average Bonchev–Trinajstić information content (AvgIpc) is 3.14. The number of benzene rings is 2. The Bertz CT molecular complexity index is 1090. The Morgan fingerprint density at radius 2 is 1.91 bits per heavy atom. The van der Waals surface area contributed by atoms with Crippen molar-refractivity contribution >= 4 is 23.1 Å². The summed E-state index contributed by atoms with van der Waals surface area (Å²) in [7, 11) is 1.68. The number of imidazole rings is 1. The van der Waals surface area contributed by atoms with Crippen molar-refractivity contribution < 1.29 is 14.3 Å². The van der Waals surface area contributed by atoms with Crippen LogP contribution < -0.4 is 10.1 Å². The van der Waals surface area contributed by atoms with Crippen LogP contribution in [-0.2, 0) is 11.3 Å². The molecule has 1 unspecified atom stereocenters. The van der Waals surface area contributed by atoms with Gasteiger partial charge < -0.3 is 24.3 Å². The number of fused-ring (bicyclic) bond motifs is 1. The number of rotatable bonds is 6. The predicted octanol–water partition coefficient (Wildman–Crippen LogP) is 5.15. The molecule has 1 amide bonds. The van der Waals surface area contributed by atoms with Gasteiger partial charge in [0.1, 0.15) is 11.4 Å². The fourth-order valence-corrected chi connectivity index (χ4v) is 4.24. The molecule has 1 N–H and O–H groups in total. The first-order valence-electron chi connectivity index (χ1n) is 11.6. The lowest BCUT2D eigenvalue weighted by atomic mass is 9.98. The van der Waals surface area contributed by atoms with Crippen LogP contribution in [0.15, 0.2) is 48.5 Å². The molecular weight excluding hydrogens is 416 g/mol. The maximum atomic E-state index is 12.5. The van der Waals surface area contributed by atoms with Gasteiger partial charge in [-0.2, -0.15) is 0 Å². The van der Waals surface area contributed by atoms with Crippen molar-refractivity contribution in [3.05, 3.63) is 54.1 Å². The van der Waals surface area contributed by atoms with Gasteiger partial charge in [-0.05, 0) is 69.4 Å². The van der Waals surface area contributed by atoms with Gasteiger partial charge in [-0.3, -0.25) is 0 Å². The van der Waals surface area contributed by atoms with Gasteiger partial charge in [0.05, 0.1) is 24.7 Å². The molecule has 176 valence electrons. The van der Waals surface area contributed by atoms with Crippen LogP contribution in [-0.4, -0.2) is 52.9 Å². The lowest BCUT2D eigenvalue weighted by Gasteiger charge is -2.34. The molecule has 7 heteroatoms. The second-order valence-electron chi connectivity index (χ2n) is 9.67. The van der Waals surface area contributed by atoms with E-state index in [1.165, 1.54) is 5.56 Å². The largest absolute Gasteiger partial charge is 0.497 e. The standard InChI is InChI=1S/C26H34N4O3/c1-26(2,3)33-25(31)29-15-7-8-20(17-29)16-27-24-28-22-9-5-6-10-23(22)30(24)18-19-11-13-21(32-4)14-12-19/h5-6,9-14,20H,7-8,15-18H2,1-4H3,(H,27,28). The van der Waals surface area contributed by atoms with E-state index in [-0.39, 0.29) is 6.09 Å². The van der Waals surface area contributed by atoms with Gasteiger partial charge in [0.25, 0.3) is 0 Å². The van der Waals surface area contributed by atoms with Crippen LogP contribution >= 0.6 is 0 Å². The topological polar surface area (TPSA) is 68.6 Å². The first kappa shape index (κ1) is 23.0. The maximum absolute atomic E-state index is 12.5. The Balaban J connectivity index is 1.47. The molecule has 7 nitrogen and oxygen atoms in total. The van der Waals surface area contributed by atoms with Crippen molar-refractivity contribution in [1.29, 1.82) is 0 Å². The fourth-order valence-electron chi connectivity index (χ4n) is 4.24. The van der Waals surface area contributed by atoms with Gasteiger partial charge in [0.15, 0.2) is 0 Å².